The molecule has 148 valence electrons. The van der Waals surface area contributed by atoms with Crippen LogP contribution in [0.1, 0.15) is 16.1 Å². The summed E-state index contributed by atoms with van der Waals surface area (Å²) in [6.45, 7) is 5.80. The second-order valence-electron chi connectivity index (χ2n) is 7.05. The first kappa shape index (κ1) is 19.1. The summed E-state index contributed by atoms with van der Waals surface area (Å²) in [5.74, 6) is 0.0722. The van der Waals surface area contributed by atoms with E-state index < -0.39 is 0 Å². The molecule has 0 saturated heterocycles. The van der Waals surface area contributed by atoms with E-state index in [1.54, 1.807) is 11.3 Å². The number of carbonyl (C=O) groups is 2. The van der Waals surface area contributed by atoms with Crippen LogP contribution >= 0.6 is 11.3 Å². The number of thiazole rings is 1. The lowest BCUT2D eigenvalue weighted by Crippen LogP contribution is -2.43. The second kappa shape index (κ2) is 7.67. The van der Waals surface area contributed by atoms with Crippen molar-refractivity contribution in [2.75, 3.05) is 23.4 Å². The number of ether oxygens (including phenoxy) is 1. The summed E-state index contributed by atoms with van der Waals surface area (Å²) in [6, 6.07) is 11.3. The highest BCUT2D eigenvalue weighted by Crippen LogP contribution is 2.36. The van der Waals surface area contributed by atoms with E-state index in [4.69, 9.17) is 4.74 Å². The Morgan fingerprint density at radius 3 is 2.72 bits per heavy atom. The quantitative estimate of drug-likeness (QED) is 0.707. The maximum absolute atomic E-state index is 12.6. The van der Waals surface area contributed by atoms with Gasteiger partial charge in [0.25, 0.3) is 5.91 Å². The monoisotopic (exact) mass is 407 g/mol. The molecular formula is C22H21N3O3S. The Bertz CT molecular complexity index is 1110. The molecule has 0 unspecified atom stereocenters. The fourth-order valence-electron chi connectivity index (χ4n) is 3.19. The standard InChI is InChI=1S/C22H21N3O3S/c1-13-4-6-17(8-14(13)2)24-21(26)10-25-19-9-16(18-12-29-15(3)23-18)5-7-20(19)28-11-22(25)27/h4-9,12H,10-11H2,1-3H3,(H,24,26). The number of nitrogens with one attached hydrogen (secondary N) is 1. The minimum Gasteiger partial charge on any atom is -0.482 e. The van der Waals surface area contributed by atoms with Crippen LogP contribution in [-0.4, -0.2) is 29.9 Å². The van der Waals surface area contributed by atoms with E-state index in [-0.39, 0.29) is 25.0 Å². The van der Waals surface area contributed by atoms with Crippen LogP contribution < -0.4 is 15.0 Å². The number of rotatable bonds is 4. The molecule has 6 nitrogen and oxygen atoms in total. The third-order valence-corrected chi connectivity index (χ3v) is 5.68. The van der Waals surface area contributed by atoms with Crippen LogP contribution in [0.15, 0.2) is 41.8 Å². The first-order valence-electron chi connectivity index (χ1n) is 9.27. The summed E-state index contributed by atoms with van der Waals surface area (Å²) in [4.78, 5) is 31.1. The number of carbonyl (C=O) groups excluding carboxylic acids is 2. The zero-order chi connectivity index (χ0) is 20.5. The van der Waals surface area contributed by atoms with Crippen LogP contribution in [0.2, 0.25) is 0 Å². The van der Waals surface area contributed by atoms with Gasteiger partial charge in [0, 0.05) is 16.6 Å². The number of aryl methyl sites for hydroxylation is 3. The van der Waals surface area contributed by atoms with Gasteiger partial charge in [-0.1, -0.05) is 6.07 Å². The van der Waals surface area contributed by atoms with Crippen molar-refractivity contribution in [3.05, 3.63) is 57.9 Å². The van der Waals surface area contributed by atoms with Crippen LogP contribution in [-0.2, 0) is 9.59 Å². The summed E-state index contributed by atoms with van der Waals surface area (Å²) in [7, 11) is 0. The van der Waals surface area contributed by atoms with Gasteiger partial charge in [0.15, 0.2) is 6.61 Å². The van der Waals surface area contributed by atoms with Gasteiger partial charge in [-0.05, 0) is 62.2 Å². The summed E-state index contributed by atoms with van der Waals surface area (Å²) in [6.07, 6.45) is 0. The van der Waals surface area contributed by atoms with Crippen molar-refractivity contribution in [2.45, 2.75) is 20.8 Å². The Balaban J connectivity index is 1.58. The number of nitrogens with zero attached hydrogens (tertiary/aromatic N) is 2. The lowest BCUT2D eigenvalue weighted by atomic mass is 10.1. The van der Waals surface area contributed by atoms with Crippen molar-refractivity contribution in [3.63, 3.8) is 0 Å². The lowest BCUT2D eigenvalue weighted by Gasteiger charge is -2.29. The summed E-state index contributed by atoms with van der Waals surface area (Å²) < 4.78 is 5.55. The van der Waals surface area contributed by atoms with Crippen molar-refractivity contribution >= 4 is 34.5 Å². The summed E-state index contributed by atoms with van der Waals surface area (Å²) >= 11 is 1.56. The number of amides is 2. The van der Waals surface area contributed by atoms with Gasteiger partial charge >= 0.3 is 0 Å². The van der Waals surface area contributed by atoms with Gasteiger partial charge in [-0.3, -0.25) is 14.5 Å². The highest BCUT2D eigenvalue weighted by molar-refractivity contribution is 7.09. The normalized spacial score (nSPS) is 13.1. The molecule has 0 saturated carbocycles. The van der Waals surface area contributed by atoms with Crippen LogP contribution in [0.5, 0.6) is 5.75 Å². The Morgan fingerprint density at radius 1 is 1.17 bits per heavy atom. The number of anilines is 2. The number of aromatic nitrogens is 1. The van der Waals surface area contributed by atoms with E-state index in [1.165, 1.54) is 4.90 Å². The van der Waals surface area contributed by atoms with Gasteiger partial charge in [-0.25, -0.2) is 4.98 Å². The molecule has 2 heterocycles. The minimum atomic E-state index is -0.260. The molecule has 1 aliphatic heterocycles. The molecule has 1 aromatic heterocycles. The fourth-order valence-corrected chi connectivity index (χ4v) is 3.82. The van der Waals surface area contributed by atoms with Crippen LogP contribution in [0, 0.1) is 20.8 Å². The van der Waals surface area contributed by atoms with Gasteiger partial charge in [0.2, 0.25) is 5.91 Å². The Labute approximate surface area is 173 Å². The molecule has 29 heavy (non-hydrogen) atoms. The first-order chi connectivity index (χ1) is 13.9. The molecule has 3 aromatic rings. The van der Waals surface area contributed by atoms with Crippen molar-refractivity contribution < 1.29 is 14.3 Å². The van der Waals surface area contributed by atoms with Crippen molar-refractivity contribution in [1.82, 2.24) is 4.98 Å². The molecule has 2 aromatic carbocycles. The van der Waals surface area contributed by atoms with Gasteiger partial charge in [-0.2, -0.15) is 0 Å². The highest BCUT2D eigenvalue weighted by Gasteiger charge is 2.28. The van der Waals surface area contributed by atoms with Crippen LogP contribution in [0.4, 0.5) is 11.4 Å². The van der Waals surface area contributed by atoms with E-state index in [0.717, 1.165) is 27.4 Å². The van der Waals surface area contributed by atoms with E-state index in [0.29, 0.717) is 17.1 Å². The van der Waals surface area contributed by atoms with Gasteiger partial charge < -0.3 is 10.1 Å². The lowest BCUT2D eigenvalue weighted by molar-refractivity contribution is -0.123. The van der Waals surface area contributed by atoms with Gasteiger partial charge in [-0.15, -0.1) is 11.3 Å². The molecule has 0 spiro atoms. The predicted molar refractivity (Wildman–Crippen MR) is 115 cm³/mol. The van der Waals surface area contributed by atoms with E-state index in [1.807, 2.05) is 62.5 Å². The SMILES string of the molecule is Cc1nc(-c2ccc3c(c2)N(CC(=O)Nc2ccc(C)c(C)c2)C(=O)CO3)cs1. The summed E-state index contributed by atoms with van der Waals surface area (Å²) in [5.41, 5.74) is 5.27. The molecule has 0 bridgehead atoms. The Hall–Kier alpha value is -3.19. The Kier molecular flexibility index (Phi) is 5.07. The predicted octanol–water partition coefficient (Wildman–Crippen LogP) is 4.10. The van der Waals surface area contributed by atoms with Crippen molar-refractivity contribution in [2.24, 2.45) is 0 Å². The van der Waals surface area contributed by atoms with E-state index >= 15 is 0 Å². The molecule has 0 radical (unpaired) electrons. The molecule has 1 aliphatic rings. The molecule has 4 rings (SSSR count). The average molecular weight is 407 g/mol. The number of hydrogen-bond acceptors (Lipinski definition) is 5. The average Bonchev–Trinajstić information content (AvgIpc) is 3.13. The highest BCUT2D eigenvalue weighted by atomic mass is 32.1. The molecule has 7 heteroatoms. The zero-order valence-corrected chi connectivity index (χ0v) is 17.3. The summed E-state index contributed by atoms with van der Waals surface area (Å²) in [5, 5.41) is 5.81. The molecule has 1 N–H and O–H groups in total. The molecular weight excluding hydrogens is 386 g/mol. The molecule has 0 fully saturated rings. The molecule has 0 atom stereocenters. The maximum atomic E-state index is 12.6. The van der Waals surface area contributed by atoms with Gasteiger partial charge in [0.1, 0.15) is 12.3 Å². The van der Waals surface area contributed by atoms with E-state index in [2.05, 4.69) is 10.3 Å². The third-order valence-electron chi connectivity index (χ3n) is 4.91. The molecule has 0 aliphatic carbocycles. The number of benzene rings is 2. The zero-order valence-electron chi connectivity index (χ0n) is 16.5. The number of fused-ring (bicyclic) bond motifs is 1. The third kappa shape index (κ3) is 4.00. The van der Waals surface area contributed by atoms with Crippen molar-refractivity contribution in [3.8, 4) is 17.0 Å². The van der Waals surface area contributed by atoms with Gasteiger partial charge in [0.05, 0.1) is 16.4 Å². The largest absolute Gasteiger partial charge is 0.482 e. The Morgan fingerprint density at radius 2 is 2.00 bits per heavy atom. The van der Waals surface area contributed by atoms with Crippen molar-refractivity contribution in [1.29, 1.82) is 0 Å². The minimum absolute atomic E-state index is 0.0817. The maximum Gasteiger partial charge on any atom is 0.265 e. The molecule has 2 amide bonds. The van der Waals surface area contributed by atoms with Crippen LogP contribution in [0.25, 0.3) is 11.3 Å². The smallest absolute Gasteiger partial charge is 0.265 e. The first-order valence-corrected chi connectivity index (χ1v) is 10.2. The van der Waals surface area contributed by atoms with Crippen LogP contribution in [0.3, 0.4) is 0 Å². The van der Waals surface area contributed by atoms with E-state index in [9.17, 15) is 9.59 Å². The number of hydrogen-bond donors (Lipinski definition) is 1. The second-order valence-corrected chi connectivity index (χ2v) is 8.11. The fraction of sp³-hybridized carbons (Fsp3) is 0.227. The topological polar surface area (TPSA) is 71.5 Å².